The number of hydrogen-bond acceptors (Lipinski definition) is 3. The van der Waals surface area contributed by atoms with Crippen LogP contribution in [0.1, 0.15) is 39.5 Å². The first-order valence-corrected chi connectivity index (χ1v) is 7.20. The van der Waals surface area contributed by atoms with Gasteiger partial charge in [-0.1, -0.05) is 0 Å². The highest BCUT2D eigenvalue weighted by atomic mass is 16.5. The van der Waals surface area contributed by atoms with E-state index >= 15 is 0 Å². The van der Waals surface area contributed by atoms with E-state index in [1.165, 1.54) is 12.8 Å². The topological polar surface area (TPSA) is 64.3 Å². The third kappa shape index (κ3) is 1.77. The van der Waals surface area contributed by atoms with Crippen molar-refractivity contribution in [1.29, 1.82) is 0 Å². The van der Waals surface area contributed by atoms with Gasteiger partial charge < -0.3 is 15.8 Å². The lowest BCUT2D eigenvalue weighted by Gasteiger charge is -2.34. The fourth-order valence-electron chi connectivity index (χ4n) is 4.09. The quantitative estimate of drug-likeness (QED) is 0.772. The number of carbonyl (C=O) groups excluding carboxylic acids is 1. The highest BCUT2D eigenvalue weighted by Gasteiger charge is 2.50. The van der Waals surface area contributed by atoms with Gasteiger partial charge in [0.2, 0.25) is 5.91 Å². The maximum absolute atomic E-state index is 12.5. The second-order valence-corrected chi connectivity index (χ2v) is 6.61. The van der Waals surface area contributed by atoms with Crippen molar-refractivity contribution in [2.24, 2.45) is 23.5 Å². The van der Waals surface area contributed by atoms with Gasteiger partial charge in [0.15, 0.2) is 0 Å². The molecule has 0 aromatic heterocycles. The van der Waals surface area contributed by atoms with Gasteiger partial charge in [-0.25, -0.2) is 0 Å². The normalized spacial score (nSPS) is 50.7. The molecule has 3 aliphatic rings. The van der Waals surface area contributed by atoms with Crippen molar-refractivity contribution in [3.05, 3.63) is 0 Å². The van der Waals surface area contributed by atoms with E-state index in [-0.39, 0.29) is 29.5 Å². The van der Waals surface area contributed by atoms with Crippen molar-refractivity contribution in [3.63, 3.8) is 0 Å². The molecule has 102 valence electrons. The van der Waals surface area contributed by atoms with E-state index in [9.17, 15) is 4.79 Å². The van der Waals surface area contributed by atoms with Crippen LogP contribution in [-0.4, -0.2) is 30.2 Å². The van der Waals surface area contributed by atoms with Crippen molar-refractivity contribution >= 4 is 5.91 Å². The summed E-state index contributed by atoms with van der Waals surface area (Å²) in [6.45, 7) is 4.86. The maximum Gasteiger partial charge on any atom is 0.225 e. The van der Waals surface area contributed by atoms with Crippen LogP contribution in [0.5, 0.6) is 0 Å². The average Bonchev–Trinajstić information content (AvgIpc) is 2.95. The molecular formula is C14H24N2O2. The van der Waals surface area contributed by atoms with Crippen LogP contribution in [-0.2, 0) is 9.53 Å². The van der Waals surface area contributed by atoms with Crippen LogP contribution >= 0.6 is 0 Å². The van der Waals surface area contributed by atoms with Crippen LogP contribution in [0.3, 0.4) is 0 Å². The Morgan fingerprint density at radius 3 is 2.67 bits per heavy atom. The summed E-state index contributed by atoms with van der Waals surface area (Å²) >= 11 is 0. The van der Waals surface area contributed by atoms with Crippen molar-refractivity contribution in [1.82, 2.24) is 5.32 Å². The van der Waals surface area contributed by atoms with E-state index < -0.39 is 0 Å². The monoisotopic (exact) mass is 252 g/mol. The molecule has 4 heteroatoms. The first-order chi connectivity index (χ1) is 8.51. The summed E-state index contributed by atoms with van der Waals surface area (Å²) in [6, 6.07) is 0.0741. The van der Waals surface area contributed by atoms with E-state index in [2.05, 4.69) is 12.2 Å². The Kier molecular flexibility index (Phi) is 2.90. The second kappa shape index (κ2) is 4.20. The van der Waals surface area contributed by atoms with Gasteiger partial charge >= 0.3 is 0 Å². The van der Waals surface area contributed by atoms with Crippen molar-refractivity contribution < 1.29 is 9.53 Å². The molecule has 3 fully saturated rings. The van der Waals surface area contributed by atoms with Crippen LogP contribution in [0, 0.1) is 17.8 Å². The number of nitrogens with one attached hydrogen (secondary N) is 1. The summed E-state index contributed by atoms with van der Waals surface area (Å²) in [5.41, 5.74) is 6.02. The molecular weight excluding hydrogens is 228 g/mol. The van der Waals surface area contributed by atoms with Gasteiger partial charge in [0.1, 0.15) is 0 Å². The van der Waals surface area contributed by atoms with E-state index in [0.29, 0.717) is 11.8 Å². The molecule has 0 radical (unpaired) electrons. The molecule has 1 saturated heterocycles. The zero-order valence-corrected chi connectivity index (χ0v) is 11.3. The molecule has 0 aromatic carbocycles. The second-order valence-electron chi connectivity index (χ2n) is 6.61. The third-order valence-corrected chi connectivity index (χ3v) is 5.58. The molecule has 1 heterocycles. The number of rotatable bonds is 2. The average molecular weight is 252 g/mol. The first-order valence-electron chi connectivity index (χ1n) is 7.20. The highest BCUT2D eigenvalue weighted by Crippen LogP contribution is 2.47. The Labute approximate surface area is 109 Å². The van der Waals surface area contributed by atoms with Gasteiger partial charge in [-0.05, 0) is 51.4 Å². The molecule has 2 saturated carbocycles. The lowest BCUT2D eigenvalue weighted by Crippen LogP contribution is -2.55. The predicted octanol–water partition coefficient (Wildman–Crippen LogP) is 1.04. The van der Waals surface area contributed by atoms with E-state index in [1.54, 1.807) is 0 Å². The van der Waals surface area contributed by atoms with Gasteiger partial charge in [-0.3, -0.25) is 4.79 Å². The molecule has 18 heavy (non-hydrogen) atoms. The van der Waals surface area contributed by atoms with Gasteiger partial charge in [0, 0.05) is 12.6 Å². The van der Waals surface area contributed by atoms with Gasteiger partial charge in [0.05, 0.1) is 17.6 Å². The van der Waals surface area contributed by atoms with Crippen LogP contribution in [0.15, 0.2) is 0 Å². The van der Waals surface area contributed by atoms with E-state index in [4.69, 9.17) is 10.5 Å². The van der Waals surface area contributed by atoms with Crippen molar-refractivity contribution in [2.75, 3.05) is 6.61 Å². The van der Waals surface area contributed by atoms with E-state index in [1.807, 2.05) is 6.92 Å². The smallest absolute Gasteiger partial charge is 0.225 e. The molecule has 0 spiro atoms. The number of ether oxygens (including phenoxy) is 1. The number of fused-ring (bicyclic) bond motifs is 2. The van der Waals surface area contributed by atoms with Crippen LogP contribution in [0.4, 0.5) is 0 Å². The molecule has 1 aliphatic heterocycles. The molecule has 3 N–H and O–H groups in total. The standard InChI is InChI=1S/C14H24N2O2/c1-8-14(2,5-6-18-8)16-13(17)11-9-3-4-10(7-9)12(11)15/h8-12H,3-7,15H2,1-2H3,(H,16,17). The van der Waals surface area contributed by atoms with E-state index in [0.717, 1.165) is 19.4 Å². The summed E-state index contributed by atoms with van der Waals surface area (Å²) in [6.07, 6.45) is 4.54. The molecule has 3 rings (SSSR count). The SMILES string of the molecule is CC1OCCC1(C)NC(=O)C1C2CCC(C2)C1N. The van der Waals surface area contributed by atoms with Crippen molar-refractivity contribution in [3.8, 4) is 0 Å². The minimum absolute atomic E-state index is 0.0355. The summed E-state index contributed by atoms with van der Waals surface area (Å²) in [4.78, 5) is 12.5. The number of amides is 1. The molecule has 6 unspecified atom stereocenters. The molecule has 0 aromatic rings. The minimum Gasteiger partial charge on any atom is -0.376 e. The maximum atomic E-state index is 12.5. The summed E-state index contributed by atoms with van der Waals surface area (Å²) in [5, 5.41) is 3.22. The molecule has 2 aliphatic carbocycles. The Morgan fingerprint density at radius 1 is 1.39 bits per heavy atom. The van der Waals surface area contributed by atoms with Gasteiger partial charge in [0.25, 0.3) is 0 Å². The first kappa shape index (κ1) is 12.4. The fourth-order valence-corrected chi connectivity index (χ4v) is 4.09. The Hall–Kier alpha value is -0.610. The minimum atomic E-state index is -0.210. The Morgan fingerprint density at radius 2 is 2.11 bits per heavy atom. The lowest BCUT2D eigenvalue weighted by atomic mass is 9.83. The predicted molar refractivity (Wildman–Crippen MR) is 68.9 cm³/mol. The lowest BCUT2D eigenvalue weighted by molar-refractivity contribution is -0.129. The molecule has 1 amide bonds. The Bertz CT molecular complexity index is 358. The zero-order valence-electron chi connectivity index (χ0n) is 11.3. The van der Waals surface area contributed by atoms with Crippen LogP contribution in [0.25, 0.3) is 0 Å². The van der Waals surface area contributed by atoms with Crippen LogP contribution in [0.2, 0.25) is 0 Å². The highest BCUT2D eigenvalue weighted by molar-refractivity contribution is 5.81. The summed E-state index contributed by atoms with van der Waals surface area (Å²) < 4.78 is 5.57. The number of hydrogen-bond donors (Lipinski definition) is 2. The fraction of sp³-hybridized carbons (Fsp3) is 0.929. The largest absolute Gasteiger partial charge is 0.376 e. The Balaban J connectivity index is 1.69. The molecule has 6 atom stereocenters. The third-order valence-electron chi connectivity index (χ3n) is 5.58. The van der Waals surface area contributed by atoms with Gasteiger partial charge in [-0.15, -0.1) is 0 Å². The zero-order chi connectivity index (χ0) is 12.9. The van der Waals surface area contributed by atoms with Gasteiger partial charge in [-0.2, -0.15) is 0 Å². The van der Waals surface area contributed by atoms with Crippen LogP contribution < -0.4 is 11.1 Å². The molecule has 4 nitrogen and oxygen atoms in total. The summed E-state index contributed by atoms with van der Waals surface area (Å²) in [7, 11) is 0. The van der Waals surface area contributed by atoms with Crippen molar-refractivity contribution in [2.45, 2.75) is 57.2 Å². The molecule has 2 bridgehead atoms. The number of nitrogens with two attached hydrogens (primary N) is 1. The number of carbonyl (C=O) groups is 1. The summed E-state index contributed by atoms with van der Waals surface area (Å²) in [5.74, 6) is 1.30.